The molecule has 0 aromatic heterocycles. The average Bonchev–Trinajstić information content (AvgIpc) is 2.17. The molecule has 0 aromatic rings. The van der Waals surface area contributed by atoms with Crippen LogP contribution < -0.4 is 0 Å². The van der Waals surface area contributed by atoms with E-state index in [1.165, 1.54) is 0 Å². The monoisotopic (exact) mass is 420 g/mol. The molecule has 0 nitrogen and oxygen atoms in total. The van der Waals surface area contributed by atoms with Gasteiger partial charge in [-0.1, -0.05) is 19.3 Å². The fraction of sp³-hybridized carbons (Fsp3) is 1.00. The second-order valence-electron chi connectivity index (χ2n) is 4.03. The standard InChI is InChI=1S/C9H11BrF5I/c10-7(11,6-4-2-1-3-5-6)8(12,16)9(13,14)15/h6H,1-5H2. The van der Waals surface area contributed by atoms with Crippen molar-refractivity contribution in [3.63, 3.8) is 0 Å². The van der Waals surface area contributed by atoms with Gasteiger partial charge >= 0.3 is 6.18 Å². The summed E-state index contributed by atoms with van der Waals surface area (Å²) in [6.45, 7) is 0. The van der Waals surface area contributed by atoms with Gasteiger partial charge in [0.05, 0.1) is 0 Å². The Bertz CT molecular complexity index is 245. The van der Waals surface area contributed by atoms with Crippen LogP contribution in [0.5, 0.6) is 0 Å². The molecule has 2 unspecified atom stereocenters. The summed E-state index contributed by atoms with van der Waals surface area (Å²) in [5.41, 5.74) is 0. The summed E-state index contributed by atoms with van der Waals surface area (Å²) in [6, 6.07) is 0. The summed E-state index contributed by atoms with van der Waals surface area (Å²) in [7, 11) is 0. The van der Waals surface area contributed by atoms with E-state index in [0.717, 1.165) is 6.42 Å². The molecule has 0 aromatic carbocycles. The molecule has 0 bridgehead atoms. The predicted molar refractivity (Wildman–Crippen MR) is 63.3 cm³/mol. The van der Waals surface area contributed by atoms with E-state index in [2.05, 4.69) is 15.9 Å². The molecule has 7 heteroatoms. The summed E-state index contributed by atoms with van der Waals surface area (Å²) in [4.78, 5) is 0. The maximum absolute atomic E-state index is 14.1. The highest BCUT2D eigenvalue weighted by Gasteiger charge is 2.69. The molecule has 0 spiro atoms. The normalized spacial score (nSPS) is 27.2. The molecular weight excluding hydrogens is 410 g/mol. The molecule has 1 rings (SSSR count). The van der Waals surface area contributed by atoms with Gasteiger partial charge in [-0.05, 0) is 51.4 Å². The fourth-order valence-corrected chi connectivity index (χ4v) is 3.03. The summed E-state index contributed by atoms with van der Waals surface area (Å²) in [6.07, 6.45) is -2.49. The van der Waals surface area contributed by atoms with E-state index in [9.17, 15) is 22.0 Å². The Kier molecular flexibility index (Phi) is 4.53. The first-order valence-electron chi connectivity index (χ1n) is 4.93. The summed E-state index contributed by atoms with van der Waals surface area (Å²) < 4.78 is 58.0. The zero-order valence-electron chi connectivity index (χ0n) is 8.26. The predicted octanol–water partition coefficient (Wildman–Crippen LogP) is 5.29. The van der Waals surface area contributed by atoms with Crippen molar-refractivity contribution in [2.45, 2.75) is 46.5 Å². The largest absolute Gasteiger partial charge is 0.436 e. The first kappa shape index (κ1) is 14.9. The molecule has 1 saturated carbocycles. The second-order valence-corrected chi connectivity index (χ2v) is 6.67. The molecule has 16 heavy (non-hydrogen) atoms. The highest BCUT2D eigenvalue weighted by atomic mass is 127. The Morgan fingerprint density at radius 3 is 1.75 bits per heavy atom. The topological polar surface area (TPSA) is 0 Å². The third kappa shape index (κ3) is 2.64. The van der Waals surface area contributed by atoms with E-state index < -0.39 is 20.3 Å². The van der Waals surface area contributed by atoms with Gasteiger partial charge in [-0.25, -0.2) is 8.78 Å². The average molecular weight is 421 g/mol. The van der Waals surface area contributed by atoms with Crippen LogP contribution in [0.2, 0.25) is 0 Å². The maximum atomic E-state index is 14.1. The lowest BCUT2D eigenvalue weighted by Crippen LogP contribution is -2.53. The quantitative estimate of drug-likeness (QED) is 0.323. The molecule has 0 heterocycles. The number of hydrogen-bond donors (Lipinski definition) is 0. The number of hydrogen-bond acceptors (Lipinski definition) is 0. The van der Waals surface area contributed by atoms with E-state index in [0.29, 0.717) is 35.4 Å². The Hall–Kier alpha value is 0.860. The molecule has 0 amide bonds. The van der Waals surface area contributed by atoms with Crippen LogP contribution in [0, 0.1) is 5.92 Å². The van der Waals surface area contributed by atoms with Crippen molar-refractivity contribution in [1.29, 1.82) is 0 Å². The maximum Gasteiger partial charge on any atom is 0.436 e. The van der Waals surface area contributed by atoms with E-state index >= 15 is 0 Å². The smallest absolute Gasteiger partial charge is 0.226 e. The van der Waals surface area contributed by atoms with Gasteiger partial charge in [0.1, 0.15) is 0 Å². The van der Waals surface area contributed by atoms with Crippen molar-refractivity contribution in [2.75, 3.05) is 0 Å². The Morgan fingerprint density at radius 2 is 1.38 bits per heavy atom. The van der Waals surface area contributed by atoms with Gasteiger partial charge in [0.2, 0.25) is 4.58 Å². The zero-order chi connectivity index (χ0) is 12.6. The molecule has 0 saturated heterocycles. The van der Waals surface area contributed by atoms with Gasteiger partial charge < -0.3 is 0 Å². The first-order valence-corrected chi connectivity index (χ1v) is 6.80. The zero-order valence-corrected chi connectivity index (χ0v) is 12.0. The second kappa shape index (κ2) is 4.85. The number of rotatable bonds is 2. The molecule has 1 aliphatic rings. The van der Waals surface area contributed by atoms with Crippen LogP contribution in [0.25, 0.3) is 0 Å². The van der Waals surface area contributed by atoms with Crippen LogP contribution in [-0.2, 0) is 0 Å². The van der Waals surface area contributed by atoms with Gasteiger partial charge in [-0.3, -0.25) is 0 Å². The molecule has 96 valence electrons. The van der Waals surface area contributed by atoms with E-state index in [-0.39, 0.29) is 12.8 Å². The summed E-state index contributed by atoms with van der Waals surface area (Å²) >= 11 is 2.85. The molecule has 1 aliphatic carbocycles. The Labute approximate surface area is 113 Å². The SMILES string of the molecule is FC(F)(F)C(F)(I)C(F)(Br)C1CCCCC1. The van der Waals surface area contributed by atoms with Gasteiger partial charge in [0.25, 0.3) is 3.68 Å². The van der Waals surface area contributed by atoms with E-state index in [1.807, 2.05) is 0 Å². The summed E-state index contributed by atoms with van der Waals surface area (Å²) in [5, 5.41) is 0. The lowest BCUT2D eigenvalue weighted by atomic mass is 9.84. The Morgan fingerprint density at radius 1 is 0.938 bits per heavy atom. The van der Waals surface area contributed by atoms with Gasteiger partial charge in [-0.2, -0.15) is 13.2 Å². The minimum atomic E-state index is -5.22. The van der Waals surface area contributed by atoms with Crippen molar-refractivity contribution in [3.8, 4) is 0 Å². The van der Waals surface area contributed by atoms with Crippen LogP contribution in [0.15, 0.2) is 0 Å². The van der Waals surface area contributed by atoms with Crippen LogP contribution in [0.4, 0.5) is 22.0 Å². The third-order valence-electron chi connectivity index (χ3n) is 2.89. The van der Waals surface area contributed by atoms with Crippen molar-refractivity contribution in [1.82, 2.24) is 0 Å². The highest BCUT2D eigenvalue weighted by Crippen LogP contribution is 2.57. The third-order valence-corrected chi connectivity index (χ3v) is 6.22. The first-order chi connectivity index (χ1) is 7.11. The van der Waals surface area contributed by atoms with Crippen molar-refractivity contribution in [2.24, 2.45) is 5.92 Å². The van der Waals surface area contributed by atoms with E-state index in [4.69, 9.17) is 0 Å². The Balaban J connectivity index is 2.90. The van der Waals surface area contributed by atoms with Crippen molar-refractivity contribution in [3.05, 3.63) is 0 Å². The van der Waals surface area contributed by atoms with E-state index in [1.54, 1.807) is 0 Å². The molecule has 0 N–H and O–H groups in total. The number of alkyl halides is 7. The van der Waals surface area contributed by atoms with Gasteiger partial charge in [-0.15, -0.1) is 0 Å². The van der Waals surface area contributed by atoms with Crippen LogP contribution in [-0.4, -0.2) is 14.4 Å². The molecule has 1 fully saturated rings. The van der Waals surface area contributed by atoms with Gasteiger partial charge in [0, 0.05) is 5.92 Å². The number of halogens is 7. The van der Waals surface area contributed by atoms with Gasteiger partial charge in [0.15, 0.2) is 0 Å². The van der Waals surface area contributed by atoms with Crippen LogP contribution in [0.1, 0.15) is 32.1 Å². The minimum absolute atomic E-state index is 0.284. The molecular formula is C9H11BrF5I. The van der Waals surface area contributed by atoms with Crippen LogP contribution >= 0.6 is 38.5 Å². The summed E-state index contributed by atoms with van der Waals surface area (Å²) in [5.74, 6) is -0.926. The molecule has 0 aliphatic heterocycles. The highest BCUT2D eigenvalue weighted by molar-refractivity contribution is 14.1. The fourth-order valence-electron chi connectivity index (χ4n) is 1.91. The molecule has 0 radical (unpaired) electrons. The molecule has 2 atom stereocenters. The lowest BCUT2D eigenvalue weighted by Gasteiger charge is -2.39. The van der Waals surface area contributed by atoms with Crippen LogP contribution in [0.3, 0.4) is 0 Å². The van der Waals surface area contributed by atoms with Crippen molar-refractivity contribution >= 4 is 38.5 Å². The minimum Gasteiger partial charge on any atom is -0.226 e. The lowest BCUT2D eigenvalue weighted by molar-refractivity contribution is -0.215. The van der Waals surface area contributed by atoms with Crippen molar-refractivity contribution < 1.29 is 22.0 Å².